The van der Waals surface area contributed by atoms with Gasteiger partial charge in [0.05, 0.1) is 4.47 Å². The van der Waals surface area contributed by atoms with E-state index in [9.17, 15) is 10.1 Å². The predicted octanol–water partition coefficient (Wildman–Crippen LogP) is 5.34. The summed E-state index contributed by atoms with van der Waals surface area (Å²) in [7, 11) is 0. The number of benzene rings is 2. The Morgan fingerprint density at radius 3 is 2.75 bits per heavy atom. The molecule has 0 aliphatic rings. The molecule has 0 aliphatic heterocycles. The van der Waals surface area contributed by atoms with Crippen molar-refractivity contribution in [3.63, 3.8) is 0 Å². The van der Waals surface area contributed by atoms with E-state index in [1.165, 1.54) is 23.0 Å². The van der Waals surface area contributed by atoms with E-state index in [4.69, 9.17) is 4.74 Å². The monoisotopic (exact) mass is 453 g/mol. The number of nitriles is 1. The van der Waals surface area contributed by atoms with Gasteiger partial charge in [-0.3, -0.25) is 10.1 Å². The van der Waals surface area contributed by atoms with Gasteiger partial charge in [0.25, 0.3) is 5.91 Å². The third-order valence-electron chi connectivity index (χ3n) is 3.80. The number of nitrogens with zero attached hydrogens (tertiary/aromatic N) is 2. The van der Waals surface area contributed by atoms with Gasteiger partial charge in [-0.05, 0) is 52.2 Å². The van der Waals surface area contributed by atoms with Gasteiger partial charge in [-0.2, -0.15) is 5.26 Å². The number of amides is 1. The Morgan fingerprint density at radius 1 is 1.32 bits per heavy atom. The maximum atomic E-state index is 12.2. The molecule has 28 heavy (non-hydrogen) atoms. The Bertz CT molecular complexity index is 1040. The van der Waals surface area contributed by atoms with Crippen molar-refractivity contribution in [2.45, 2.75) is 13.5 Å². The van der Waals surface area contributed by atoms with Crippen LogP contribution in [-0.2, 0) is 11.4 Å². The lowest BCUT2D eigenvalue weighted by Gasteiger charge is -2.09. The van der Waals surface area contributed by atoms with Crippen molar-refractivity contribution in [1.29, 1.82) is 5.26 Å². The second-order valence-corrected chi connectivity index (χ2v) is 7.67. The van der Waals surface area contributed by atoms with Gasteiger partial charge in [-0.1, -0.05) is 35.9 Å². The third-order valence-corrected chi connectivity index (χ3v) is 5.11. The number of hydrogen-bond acceptors (Lipinski definition) is 5. The molecule has 0 fully saturated rings. The molecule has 0 unspecified atom stereocenters. The van der Waals surface area contributed by atoms with Gasteiger partial charge in [0.2, 0.25) is 0 Å². The number of aromatic nitrogens is 1. The molecule has 7 heteroatoms. The number of ether oxygens (including phenoxy) is 1. The lowest BCUT2D eigenvalue weighted by molar-refractivity contribution is -0.112. The molecule has 1 heterocycles. The Labute approximate surface area is 175 Å². The van der Waals surface area contributed by atoms with Crippen LogP contribution in [0, 0.1) is 18.3 Å². The highest BCUT2D eigenvalue weighted by molar-refractivity contribution is 9.10. The molecule has 3 aromatic rings. The maximum absolute atomic E-state index is 12.2. The van der Waals surface area contributed by atoms with Gasteiger partial charge < -0.3 is 4.74 Å². The molecular weight excluding hydrogens is 438 g/mol. The standard InChI is InChI=1S/C21H16BrN3O2S/c1-14-2-4-15(5-3-14)13-27-19-7-6-16(11-18(19)22)10-17(12-23)20(26)25-21-24-8-9-28-21/h2-11H,13H2,1H3,(H,24,25,26)/b17-10-. The van der Waals surface area contributed by atoms with Crippen LogP contribution in [0.2, 0.25) is 0 Å². The summed E-state index contributed by atoms with van der Waals surface area (Å²) in [6.45, 7) is 2.49. The zero-order valence-corrected chi connectivity index (χ0v) is 17.4. The number of thiazole rings is 1. The van der Waals surface area contributed by atoms with Crippen LogP contribution in [-0.4, -0.2) is 10.9 Å². The largest absolute Gasteiger partial charge is 0.488 e. The lowest BCUT2D eigenvalue weighted by atomic mass is 10.1. The molecule has 0 atom stereocenters. The fourth-order valence-electron chi connectivity index (χ4n) is 2.33. The summed E-state index contributed by atoms with van der Waals surface area (Å²) in [5.41, 5.74) is 2.98. The third kappa shape index (κ3) is 5.28. The molecule has 3 rings (SSSR count). The van der Waals surface area contributed by atoms with Gasteiger partial charge in [0.1, 0.15) is 24.0 Å². The minimum Gasteiger partial charge on any atom is -0.488 e. The summed E-state index contributed by atoms with van der Waals surface area (Å²) in [6.07, 6.45) is 3.11. The van der Waals surface area contributed by atoms with Gasteiger partial charge >= 0.3 is 0 Å². The number of halogens is 1. The Morgan fingerprint density at radius 2 is 2.11 bits per heavy atom. The van der Waals surface area contributed by atoms with E-state index < -0.39 is 5.91 Å². The quantitative estimate of drug-likeness (QED) is 0.403. The second kappa shape index (κ2) is 9.31. The van der Waals surface area contributed by atoms with E-state index in [0.717, 1.165) is 10.0 Å². The number of aryl methyl sites for hydroxylation is 1. The fraction of sp³-hybridized carbons (Fsp3) is 0.0952. The first kappa shape index (κ1) is 19.8. The van der Waals surface area contributed by atoms with Crippen LogP contribution in [0.25, 0.3) is 6.08 Å². The lowest BCUT2D eigenvalue weighted by Crippen LogP contribution is -2.13. The molecular formula is C21H16BrN3O2S. The van der Waals surface area contributed by atoms with Crippen LogP contribution in [0.15, 0.2) is 64.1 Å². The average molecular weight is 454 g/mol. The van der Waals surface area contributed by atoms with Gasteiger partial charge in [0.15, 0.2) is 5.13 Å². The van der Waals surface area contributed by atoms with Crippen LogP contribution in [0.3, 0.4) is 0 Å². The summed E-state index contributed by atoms with van der Waals surface area (Å²) in [5, 5.41) is 14.1. The van der Waals surface area contributed by atoms with E-state index in [2.05, 4.69) is 26.2 Å². The summed E-state index contributed by atoms with van der Waals surface area (Å²) >= 11 is 4.77. The highest BCUT2D eigenvalue weighted by Crippen LogP contribution is 2.28. The van der Waals surface area contributed by atoms with Gasteiger partial charge in [-0.15, -0.1) is 11.3 Å². The van der Waals surface area contributed by atoms with Gasteiger partial charge in [0, 0.05) is 11.6 Å². The van der Waals surface area contributed by atoms with Crippen molar-refractivity contribution in [3.05, 3.63) is 80.8 Å². The fourth-order valence-corrected chi connectivity index (χ4v) is 3.37. The van der Waals surface area contributed by atoms with Crippen LogP contribution in [0.5, 0.6) is 5.75 Å². The molecule has 0 spiro atoms. The normalized spacial score (nSPS) is 11.0. The number of anilines is 1. The number of nitrogens with one attached hydrogen (secondary N) is 1. The number of carbonyl (C=O) groups is 1. The molecule has 0 saturated carbocycles. The van der Waals surface area contributed by atoms with Crippen molar-refractivity contribution in [2.75, 3.05) is 5.32 Å². The van der Waals surface area contributed by atoms with Crippen LogP contribution < -0.4 is 10.1 Å². The van der Waals surface area contributed by atoms with Crippen molar-refractivity contribution < 1.29 is 9.53 Å². The topological polar surface area (TPSA) is 75.0 Å². The SMILES string of the molecule is Cc1ccc(COc2ccc(/C=C(/C#N)C(=O)Nc3nccs3)cc2Br)cc1. The molecule has 0 aliphatic carbocycles. The molecule has 1 aromatic heterocycles. The maximum Gasteiger partial charge on any atom is 0.268 e. The van der Waals surface area contributed by atoms with Gasteiger partial charge in [-0.25, -0.2) is 4.98 Å². The zero-order valence-electron chi connectivity index (χ0n) is 15.0. The molecule has 0 bridgehead atoms. The highest BCUT2D eigenvalue weighted by atomic mass is 79.9. The molecule has 5 nitrogen and oxygen atoms in total. The minimum absolute atomic E-state index is 0.00424. The Balaban J connectivity index is 1.69. The Kier molecular flexibility index (Phi) is 6.58. The van der Waals surface area contributed by atoms with Crippen LogP contribution >= 0.6 is 27.3 Å². The van der Waals surface area contributed by atoms with Crippen molar-refractivity contribution in [3.8, 4) is 11.8 Å². The van der Waals surface area contributed by atoms with E-state index in [1.807, 2.05) is 37.3 Å². The summed E-state index contributed by atoms with van der Waals surface area (Å²) in [6, 6.07) is 15.5. The van der Waals surface area contributed by atoms with E-state index in [-0.39, 0.29) is 5.57 Å². The number of hydrogen-bond donors (Lipinski definition) is 1. The van der Waals surface area contributed by atoms with Crippen molar-refractivity contribution in [1.82, 2.24) is 4.98 Å². The van der Waals surface area contributed by atoms with Crippen molar-refractivity contribution >= 4 is 44.4 Å². The van der Waals surface area contributed by atoms with Crippen LogP contribution in [0.1, 0.15) is 16.7 Å². The molecule has 1 N–H and O–H groups in total. The van der Waals surface area contributed by atoms with Crippen molar-refractivity contribution in [2.24, 2.45) is 0 Å². The number of carbonyl (C=O) groups excluding carboxylic acids is 1. The predicted molar refractivity (Wildman–Crippen MR) is 114 cm³/mol. The summed E-state index contributed by atoms with van der Waals surface area (Å²) in [5.74, 6) is 0.191. The first-order chi connectivity index (χ1) is 13.5. The molecule has 140 valence electrons. The first-order valence-electron chi connectivity index (χ1n) is 8.35. The molecule has 0 radical (unpaired) electrons. The van der Waals surface area contributed by atoms with E-state index in [0.29, 0.717) is 23.1 Å². The van der Waals surface area contributed by atoms with E-state index >= 15 is 0 Å². The zero-order chi connectivity index (χ0) is 19.9. The smallest absolute Gasteiger partial charge is 0.268 e. The number of rotatable bonds is 6. The second-order valence-electron chi connectivity index (χ2n) is 5.93. The molecule has 1 amide bonds. The summed E-state index contributed by atoms with van der Waals surface area (Å²) < 4.78 is 6.59. The minimum atomic E-state index is -0.492. The van der Waals surface area contributed by atoms with Crippen LogP contribution in [0.4, 0.5) is 5.13 Å². The highest BCUT2D eigenvalue weighted by Gasteiger charge is 2.11. The Hall–Kier alpha value is -2.95. The molecule has 2 aromatic carbocycles. The molecule has 0 saturated heterocycles. The average Bonchev–Trinajstić information content (AvgIpc) is 3.19. The van der Waals surface area contributed by atoms with E-state index in [1.54, 1.807) is 29.8 Å². The first-order valence-corrected chi connectivity index (χ1v) is 10.0. The summed E-state index contributed by atoms with van der Waals surface area (Å²) in [4.78, 5) is 16.2.